The van der Waals surface area contributed by atoms with E-state index in [1.165, 1.54) is 6.08 Å². The van der Waals surface area contributed by atoms with Gasteiger partial charge in [0.25, 0.3) is 0 Å². The van der Waals surface area contributed by atoms with Gasteiger partial charge in [-0.2, -0.15) is 0 Å². The molecular weight excluding hydrogens is 228 g/mol. The van der Waals surface area contributed by atoms with E-state index in [1.54, 1.807) is 19.9 Å². The fourth-order valence-corrected chi connectivity index (χ4v) is 1.52. The van der Waals surface area contributed by atoms with Crippen molar-refractivity contribution in [3.05, 3.63) is 36.0 Å². The maximum absolute atomic E-state index is 9.88. The van der Waals surface area contributed by atoms with Gasteiger partial charge in [-0.25, -0.2) is 0 Å². The fourth-order valence-electron chi connectivity index (χ4n) is 1.52. The number of hydrogen-bond donors (Lipinski definition) is 3. The van der Waals surface area contributed by atoms with E-state index in [-0.39, 0.29) is 0 Å². The van der Waals surface area contributed by atoms with Crippen molar-refractivity contribution in [2.45, 2.75) is 58.3 Å². The van der Waals surface area contributed by atoms with Crippen LogP contribution in [0.4, 0.5) is 0 Å². The Morgan fingerprint density at radius 1 is 1.28 bits per heavy atom. The standard InChI is InChI=1S/C15H26O3/c1-6-15(5,18)9-7-8-12(4)14(17)13(16)10-11(2)3/h6,8,10,13-14,16-18H,1,7,9H2,2-5H3/b12-8+/t13-,14-,15-/m1/s1. The van der Waals surface area contributed by atoms with Gasteiger partial charge in [0, 0.05) is 0 Å². The molecule has 3 atom stereocenters. The van der Waals surface area contributed by atoms with Crippen LogP contribution in [0.2, 0.25) is 0 Å². The number of aliphatic hydroxyl groups is 3. The Bertz CT molecular complexity index is 323. The molecular formula is C15H26O3. The van der Waals surface area contributed by atoms with E-state index in [0.29, 0.717) is 18.4 Å². The van der Waals surface area contributed by atoms with Gasteiger partial charge in [0.15, 0.2) is 0 Å². The van der Waals surface area contributed by atoms with E-state index in [2.05, 4.69) is 6.58 Å². The molecule has 0 amide bonds. The third kappa shape index (κ3) is 6.74. The Balaban J connectivity index is 4.42. The first-order valence-corrected chi connectivity index (χ1v) is 6.23. The molecule has 0 aliphatic carbocycles. The molecule has 0 aliphatic heterocycles. The van der Waals surface area contributed by atoms with Crippen LogP contribution in [0.3, 0.4) is 0 Å². The van der Waals surface area contributed by atoms with Crippen LogP contribution >= 0.6 is 0 Å². The second kappa shape index (κ2) is 7.52. The summed E-state index contributed by atoms with van der Waals surface area (Å²) in [5.41, 5.74) is 0.782. The third-order valence-corrected chi connectivity index (χ3v) is 2.85. The van der Waals surface area contributed by atoms with Crippen molar-refractivity contribution in [3.8, 4) is 0 Å². The summed E-state index contributed by atoms with van der Waals surface area (Å²) >= 11 is 0. The Labute approximate surface area is 110 Å². The first-order valence-electron chi connectivity index (χ1n) is 6.23. The quantitative estimate of drug-likeness (QED) is 0.611. The maximum Gasteiger partial charge on any atom is 0.104 e. The second-order valence-electron chi connectivity index (χ2n) is 5.23. The molecule has 0 saturated carbocycles. The maximum atomic E-state index is 9.88. The van der Waals surface area contributed by atoms with Crippen LogP contribution in [0, 0.1) is 0 Å². The third-order valence-electron chi connectivity index (χ3n) is 2.85. The van der Waals surface area contributed by atoms with Crippen LogP contribution in [0.1, 0.15) is 40.5 Å². The Morgan fingerprint density at radius 2 is 1.83 bits per heavy atom. The second-order valence-corrected chi connectivity index (χ2v) is 5.23. The summed E-state index contributed by atoms with van der Waals surface area (Å²) in [5, 5.41) is 29.3. The van der Waals surface area contributed by atoms with Gasteiger partial charge < -0.3 is 15.3 Å². The molecule has 0 aromatic rings. The molecule has 0 aromatic carbocycles. The highest BCUT2D eigenvalue weighted by Gasteiger charge is 2.17. The smallest absolute Gasteiger partial charge is 0.104 e. The minimum Gasteiger partial charge on any atom is -0.386 e. The number of hydrogen-bond acceptors (Lipinski definition) is 3. The number of aliphatic hydroxyl groups excluding tert-OH is 2. The Morgan fingerprint density at radius 3 is 2.28 bits per heavy atom. The van der Waals surface area contributed by atoms with Crippen LogP contribution in [0.25, 0.3) is 0 Å². The Hall–Kier alpha value is -0.900. The van der Waals surface area contributed by atoms with Crippen molar-refractivity contribution in [3.63, 3.8) is 0 Å². The van der Waals surface area contributed by atoms with Gasteiger partial charge in [-0.05, 0) is 46.1 Å². The number of rotatable bonds is 7. The first-order chi connectivity index (χ1) is 8.19. The lowest BCUT2D eigenvalue weighted by Gasteiger charge is -2.19. The SMILES string of the molecule is C=C[C@@](C)(O)CC/C=C(\C)[C@@H](O)[C@H](O)C=C(C)C. The van der Waals surface area contributed by atoms with Crippen molar-refractivity contribution in [2.24, 2.45) is 0 Å². The predicted octanol–water partition coefficient (Wildman–Crippen LogP) is 2.34. The molecule has 104 valence electrons. The number of allylic oxidation sites excluding steroid dienone is 2. The van der Waals surface area contributed by atoms with Crippen LogP contribution < -0.4 is 0 Å². The zero-order valence-electron chi connectivity index (χ0n) is 11.8. The van der Waals surface area contributed by atoms with Gasteiger partial charge in [-0.15, -0.1) is 6.58 Å². The predicted molar refractivity (Wildman–Crippen MR) is 75.3 cm³/mol. The van der Waals surface area contributed by atoms with Gasteiger partial charge in [0.05, 0.1) is 5.60 Å². The molecule has 0 unspecified atom stereocenters. The van der Waals surface area contributed by atoms with Crippen LogP contribution in [0.15, 0.2) is 36.0 Å². The highest BCUT2D eigenvalue weighted by Crippen LogP contribution is 2.16. The van der Waals surface area contributed by atoms with Crippen molar-refractivity contribution in [1.29, 1.82) is 0 Å². The molecule has 0 aliphatic rings. The topological polar surface area (TPSA) is 60.7 Å². The summed E-state index contributed by atoms with van der Waals surface area (Å²) in [6.45, 7) is 10.8. The summed E-state index contributed by atoms with van der Waals surface area (Å²) in [6, 6.07) is 0. The van der Waals surface area contributed by atoms with Crippen molar-refractivity contribution in [1.82, 2.24) is 0 Å². The van der Waals surface area contributed by atoms with Gasteiger partial charge >= 0.3 is 0 Å². The fraction of sp³-hybridized carbons (Fsp3) is 0.600. The van der Waals surface area contributed by atoms with E-state index in [1.807, 2.05) is 19.9 Å². The molecule has 0 spiro atoms. The van der Waals surface area contributed by atoms with Gasteiger partial charge in [0.1, 0.15) is 12.2 Å². The molecule has 0 heterocycles. The summed E-state index contributed by atoms with van der Waals surface area (Å²) in [7, 11) is 0. The van der Waals surface area contributed by atoms with E-state index in [9.17, 15) is 15.3 Å². The molecule has 0 bridgehead atoms. The highest BCUT2D eigenvalue weighted by molar-refractivity contribution is 5.13. The van der Waals surface area contributed by atoms with Crippen molar-refractivity contribution >= 4 is 0 Å². The normalized spacial score (nSPS) is 18.7. The molecule has 3 nitrogen and oxygen atoms in total. The van der Waals surface area contributed by atoms with E-state index in [4.69, 9.17) is 0 Å². The average molecular weight is 254 g/mol. The van der Waals surface area contributed by atoms with Crippen molar-refractivity contribution in [2.75, 3.05) is 0 Å². The lowest BCUT2D eigenvalue weighted by molar-refractivity contribution is 0.0721. The molecule has 0 saturated heterocycles. The van der Waals surface area contributed by atoms with Crippen LogP contribution in [0.5, 0.6) is 0 Å². The molecule has 3 N–H and O–H groups in total. The summed E-state index contributed by atoms with van der Waals surface area (Å²) < 4.78 is 0. The van der Waals surface area contributed by atoms with Gasteiger partial charge in [-0.1, -0.05) is 23.8 Å². The molecule has 0 fully saturated rings. The lowest BCUT2D eigenvalue weighted by Crippen LogP contribution is -2.25. The molecule has 0 radical (unpaired) electrons. The van der Waals surface area contributed by atoms with E-state index >= 15 is 0 Å². The minimum atomic E-state index is -0.895. The summed E-state index contributed by atoms with van der Waals surface area (Å²) in [4.78, 5) is 0. The Kier molecular flexibility index (Phi) is 7.14. The van der Waals surface area contributed by atoms with Crippen molar-refractivity contribution < 1.29 is 15.3 Å². The zero-order chi connectivity index (χ0) is 14.3. The van der Waals surface area contributed by atoms with Gasteiger partial charge in [-0.3, -0.25) is 0 Å². The average Bonchev–Trinajstić information content (AvgIpc) is 2.26. The summed E-state index contributed by atoms with van der Waals surface area (Å²) in [5.74, 6) is 0. The molecule has 0 aromatic heterocycles. The largest absolute Gasteiger partial charge is 0.386 e. The molecule has 3 heteroatoms. The van der Waals surface area contributed by atoms with E-state index < -0.39 is 17.8 Å². The summed E-state index contributed by atoms with van der Waals surface area (Å²) in [6.07, 6.45) is 4.36. The first kappa shape index (κ1) is 17.1. The van der Waals surface area contributed by atoms with Crippen LogP contribution in [-0.2, 0) is 0 Å². The monoisotopic (exact) mass is 254 g/mol. The molecule has 0 rings (SSSR count). The lowest BCUT2D eigenvalue weighted by atomic mass is 9.97. The minimum absolute atomic E-state index is 0.541. The molecule has 18 heavy (non-hydrogen) atoms. The highest BCUT2D eigenvalue weighted by atomic mass is 16.3. The zero-order valence-corrected chi connectivity index (χ0v) is 11.8. The van der Waals surface area contributed by atoms with Gasteiger partial charge in [0.2, 0.25) is 0 Å². The van der Waals surface area contributed by atoms with E-state index in [0.717, 1.165) is 5.57 Å². The van der Waals surface area contributed by atoms with Crippen LogP contribution in [-0.4, -0.2) is 33.1 Å².